The summed E-state index contributed by atoms with van der Waals surface area (Å²) in [5, 5.41) is 0. The van der Waals surface area contributed by atoms with E-state index in [2.05, 4.69) is 106 Å². The molecule has 0 saturated carbocycles. The van der Waals surface area contributed by atoms with Crippen LogP contribution in [0, 0.1) is 10.8 Å². The molecule has 0 amide bonds. The predicted molar refractivity (Wildman–Crippen MR) is 112 cm³/mol. The first-order valence-corrected chi connectivity index (χ1v) is 9.45. The number of allylic oxidation sites excluding steroid dienone is 2. The number of benzene rings is 1. The van der Waals surface area contributed by atoms with Gasteiger partial charge < -0.3 is 9.47 Å². The van der Waals surface area contributed by atoms with E-state index in [1.165, 1.54) is 0 Å². The topological polar surface area (TPSA) is 18.5 Å². The van der Waals surface area contributed by atoms with Crippen LogP contribution in [-0.2, 0) is 20.7 Å². The minimum absolute atomic E-state index is 0.104. The lowest BCUT2D eigenvalue weighted by molar-refractivity contribution is 0.0474. The molecule has 146 valence electrons. The Labute approximate surface area is 161 Å². The average molecular weight is 359 g/mol. The van der Waals surface area contributed by atoms with Gasteiger partial charge in [-0.1, -0.05) is 59.7 Å². The molecule has 1 rings (SSSR count). The van der Waals surface area contributed by atoms with E-state index >= 15 is 0 Å². The molecule has 0 unspecified atom stereocenters. The lowest BCUT2D eigenvalue weighted by atomic mass is 9.90. The standard InChI is InChI=1S/C24H38O2/c1-21(2,3)14-16-25-23(7,8)19-12-11-13-20(18-19)24(9,10)26-17-15-22(4,5)6/h11-18H,1-10H3. The van der Waals surface area contributed by atoms with Gasteiger partial charge in [0.25, 0.3) is 0 Å². The van der Waals surface area contributed by atoms with Crippen LogP contribution in [0.5, 0.6) is 0 Å². The van der Waals surface area contributed by atoms with Crippen molar-refractivity contribution in [3.8, 4) is 0 Å². The van der Waals surface area contributed by atoms with Crippen molar-refractivity contribution in [2.24, 2.45) is 10.8 Å². The molecule has 0 heterocycles. The van der Waals surface area contributed by atoms with Crippen molar-refractivity contribution >= 4 is 0 Å². The van der Waals surface area contributed by atoms with Gasteiger partial charge in [-0.25, -0.2) is 0 Å². The van der Waals surface area contributed by atoms with E-state index < -0.39 is 11.2 Å². The Balaban J connectivity index is 2.98. The monoisotopic (exact) mass is 358 g/mol. The molecule has 0 radical (unpaired) electrons. The minimum Gasteiger partial charge on any atom is -0.491 e. The van der Waals surface area contributed by atoms with E-state index in [4.69, 9.17) is 9.47 Å². The summed E-state index contributed by atoms with van der Waals surface area (Å²) >= 11 is 0. The zero-order chi connectivity index (χ0) is 20.2. The van der Waals surface area contributed by atoms with Gasteiger partial charge in [-0.15, -0.1) is 0 Å². The van der Waals surface area contributed by atoms with Crippen LogP contribution in [0.25, 0.3) is 0 Å². The van der Waals surface area contributed by atoms with E-state index in [-0.39, 0.29) is 10.8 Å². The zero-order valence-corrected chi connectivity index (χ0v) is 18.4. The van der Waals surface area contributed by atoms with Crippen LogP contribution in [0.3, 0.4) is 0 Å². The summed E-state index contributed by atoms with van der Waals surface area (Å²) in [5.74, 6) is 0. The van der Waals surface area contributed by atoms with Crippen molar-refractivity contribution in [3.63, 3.8) is 0 Å². The SMILES string of the molecule is CC(C)(C)C=COC(C)(C)c1cccc(C(C)(C)OC=CC(C)(C)C)c1. The summed E-state index contributed by atoms with van der Waals surface area (Å²) in [6.07, 6.45) is 7.81. The van der Waals surface area contributed by atoms with Crippen LogP contribution in [0.2, 0.25) is 0 Å². The fourth-order valence-electron chi connectivity index (χ4n) is 2.22. The molecule has 0 aliphatic carbocycles. The predicted octanol–water partition coefficient (Wildman–Crippen LogP) is 7.31. The van der Waals surface area contributed by atoms with Gasteiger partial charge in [0, 0.05) is 0 Å². The summed E-state index contributed by atoms with van der Waals surface area (Å²) in [4.78, 5) is 0. The molecule has 0 spiro atoms. The maximum absolute atomic E-state index is 6.05. The van der Waals surface area contributed by atoms with Gasteiger partial charge in [0.1, 0.15) is 11.2 Å². The Morgan fingerprint density at radius 3 is 1.27 bits per heavy atom. The quantitative estimate of drug-likeness (QED) is 0.496. The highest BCUT2D eigenvalue weighted by Gasteiger charge is 2.26. The third kappa shape index (κ3) is 7.68. The van der Waals surface area contributed by atoms with Gasteiger partial charge in [-0.05, 0) is 67.9 Å². The minimum atomic E-state index is -0.408. The first kappa shape index (κ1) is 22.3. The van der Waals surface area contributed by atoms with Crippen LogP contribution in [0.15, 0.2) is 48.9 Å². The van der Waals surface area contributed by atoms with Gasteiger partial charge in [0.15, 0.2) is 0 Å². The first-order chi connectivity index (χ1) is 11.6. The first-order valence-electron chi connectivity index (χ1n) is 9.45. The number of hydrogen-bond acceptors (Lipinski definition) is 2. The molecule has 1 aromatic carbocycles. The highest BCUT2D eigenvalue weighted by atomic mass is 16.5. The highest BCUT2D eigenvalue weighted by molar-refractivity contribution is 5.31. The molecule has 0 aromatic heterocycles. The molecule has 0 saturated heterocycles. The molecule has 2 nitrogen and oxygen atoms in total. The Morgan fingerprint density at radius 2 is 0.962 bits per heavy atom. The van der Waals surface area contributed by atoms with Crippen LogP contribution in [0.1, 0.15) is 80.4 Å². The Bertz CT molecular complexity index is 582. The maximum Gasteiger partial charge on any atom is 0.127 e. The van der Waals surface area contributed by atoms with E-state index in [0.717, 1.165) is 11.1 Å². The van der Waals surface area contributed by atoms with Crippen LogP contribution in [0.4, 0.5) is 0 Å². The third-order valence-corrected chi connectivity index (χ3v) is 4.11. The van der Waals surface area contributed by atoms with E-state index in [0.29, 0.717) is 0 Å². The fraction of sp³-hybridized carbons (Fsp3) is 0.583. The number of hydrogen-bond donors (Lipinski definition) is 0. The molecule has 0 aliphatic heterocycles. The van der Waals surface area contributed by atoms with Crippen molar-refractivity contribution in [2.75, 3.05) is 0 Å². The lowest BCUT2D eigenvalue weighted by Crippen LogP contribution is -2.23. The zero-order valence-electron chi connectivity index (χ0n) is 18.4. The van der Waals surface area contributed by atoms with Crippen LogP contribution in [-0.4, -0.2) is 0 Å². The summed E-state index contributed by atoms with van der Waals surface area (Å²) in [6.45, 7) is 21.3. The molecule has 0 bridgehead atoms. The molecular weight excluding hydrogens is 320 g/mol. The van der Waals surface area contributed by atoms with E-state index in [1.807, 2.05) is 12.5 Å². The van der Waals surface area contributed by atoms with Gasteiger partial charge in [-0.2, -0.15) is 0 Å². The largest absolute Gasteiger partial charge is 0.491 e. The van der Waals surface area contributed by atoms with E-state index in [1.54, 1.807) is 0 Å². The molecule has 26 heavy (non-hydrogen) atoms. The van der Waals surface area contributed by atoms with Crippen molar-refractivity contribution in [3.05, 3.63) is 60.1 Å². The van der Waals surface area contributed by atoms with Gasteiger partial charge in [0.05, 0.1) is 12.5 Å². The molecule has 2 heteroatoms. The summed E-state index contributed by atoms with van der Waals surface area (Å²) in [7, 11) is 0. The molecule has 0 N–H and O–H groups in total. The second kappa shape index (κ2) is 7.90. The van der Waals surface area contributed by atoms with Crippen molar-refractivity contribution in [2.45, 2.75) is 80.4 Å². The van der Waals surface area contributed by atoms with Crippen LogP contribution >= 0.6 is 0 Å². The summed E-state index contributed by atoms with van der Waals surface area (Å²) in [6, 6.07) is 8.46. The van der Waals surface area contributed by atoms with Gasteiger partial charge in [-0.3, -0.25) is 0 Å². The fourth-order valence-corrected chi connectivity index (χ4v) is 2.22. The maximum atomic E-state index is 6.05. The average Bonchev–Trinajstić information content (AvgIpc) is 2.44. The lowest BCUT2D eigenvalue weighted by Gasteiger charge is -2.29. The number of ether oxygens (including phenoxy) is 2. The molecule has 0 fully saturated rings. The van der Waals surface area contributed by atoms with Crippen LogP contribution < -0.4 is 0 Å². The van der Waals surface area contributed by atoms with Gasteiger partial charge in [0.2, 0.25) is 0 Å². The highest BCUT2D eigenvalue weighted by Crippen LogP contribution is 2.32. The Hall–Kier alpha value is -1.70. The Kier molecular flexibility index (Phi) is 6.79. The third-order valence-electron chi connectivity index (χ3n) is 4.11. The molecule has 0 atom stereocenters. The van der Waals surface area contributed by atoms with Crippen molar-refractivity contribution in [1.29, 1.82) is 0 Å². The van der Waals surface area contributed by atoms with E-state index in [9.17, 15) is 0 Å². The molecule has 0 aliphatic rings. The Morgan fingerprint density at radius 1 is 0.615 bits per heavy atom. The molecular formula is C24H38O2. The smallest absolute Gasteiger partial charge is 0.127 e. The second-order valence-electron chi connectivity index (χ2n) is 10.2. The van der Waals surface area contributed by atoms with Crippen molar-refractivity contribution in [1.82, 2.24) is 0 Å². The second-order valence-corrected chi connectivity index (χ2v) is 10.2. The summed E-state index contributed by atoms with van der Waals surface area (Å²) < 4.78 is 12.1. The summed E-state index contributed by atoms with van der Waals surface area (Å²) in [5.41, 5.74) is 1.65. The van der Waals surface area contributed by atoms with Gasteiger partial charge >= 0.3 is 0 Å². The molecule has 1 aromatic rings. The number of rotatable bonds is 6. The normalized spacial score (nSPS) is 14.2. The van der Waals surface area contributed by atoms with Crippen molar-refractivity contribution < 1.29 is 9.47 Å².